The van der Waals surface area contributed by atoms with Crippen LogP contribution >= 0.6 is 0 Å². The number of rotatable bonds is 1. The SMILES string of the molecule is Cc1nc(-c2ccccc2)n(O)c1C. The molecular formula is C11H12N2O. The van der Waals surface area contributed by atoms with Crippen molar-refractivity contribution in [2.75, 3.05) is 0 Å². The molecule has 0 radical (unpaired) electrons. The Balaban J connectivity index is 2.58. The number of aromatic nitrogens is 2. The highest BCUT2D eigenvalue weighted by atomic mass is 16.5. The number of benzene rings is 1. The average Bonchev–Trinajstić information content (AvgIpc) is 2.47. The zero-order chi connectivity index (χ0) is 10.1. The van der Waals surface area contributed by atoms with Gasteiger partial charge in [0.2, 0.25) is 0 Å². The second kappa shape index (κ2) is 3.18. The number of imidazole rings is 1. The van der Waals surface area contributed by atoms with Crippen LogP contribution < -0.4 is 0 Å². The summed E-state index contributed by atoms with van der Waals surface area (Å²) >= 11 is 0. The third-order valence-corrected chi connectivity index (χ3v) is 2.35. The molecule has 0 saturated heterocycles. The van der Waals surface area contributed by atoms with Gasteiger partial charge in [0.1, 0.15) is 0 Å². The van der Waals surface area contributed by atoms with E-state index in [-0.39, 0.29) is 0 Å². The Morgan fingerprint density at radius 3 is 2.29 bits per heavy atom. The highest BCUT2D eigenvalue weighted by Crippen LogP contribution is 2.19. The Hall–Kier alpha value is -1.77. The van der Waals surface area contributed by atoms with Crippen LogP contribution in [0, 0.1) is 13.8 Å². The lowest BCUT2D eigenvalue weighted by molar-refractivity contribution is 0.184. The van der Waals surface area contributed by atoms with Crippen LogP contribution in [-0.2, 0) is 0 Å². The fourth-order valence-corrected chi connectivity index (χ4v) is 1.37. The summed E-state index contributed by atoms with van der Waals surface area (Å²) in [6, 6.07) is 9.64. The van der Waals surface area contributed by atoms with E-state index in [1.165, 1.54) is 0 Å². The standard InChI is InChI=1S/C11H12N2O/c1-8-9(2)13(14)11(12-8)10-6-4-3-5-7-10/h3-7,14H,1-2H3. The second-order valence-electron chi connectivity index (χ2n) is 3.28. The minimum atomic E-state index is 0.598. The smallest absolute Gasteiger partial charge is 0.175 e. The van der Waals surface area contributed by atoms with Gasteiger partial charge in [0.15, 0.2) is 5.82 Å². The molecule has 0 atom stereocenters. The van der Waals surface area contributed by atoms with Crippen molar-refractivity contribution >= 4 is 0 Å². The van der Waals surface area contributed by atoms with Gasteiger partial charge >= 0.3 is 0 Å². The van der Waals surface area contributed by atoms with Crippen LogP contribution in [0.25, 0.3) is 11.4 Å². The van der Waals surface area contributed by atoms with Crippen molar-refractivity contribution in [3.63, 3.8) is 0 Å². The maximum absolute atomic E-state index is 9.73. The first kappa shape index (κ1) is 8.81. The average molecular weight is 188 g/mol. The lowest BCUT2D eigenvalue weighted by Gasteiger charge is -2.00. The van der Waals surface area contributed by atoms with Gasteiger partial charge in [0.05, 0.1) is 11.4 Å². The predicted molar refractivity (Wildman–Crippen MR) is 54.3 cm³/mol. The first-order valence-electron chi connectivity index (χ1n) is 4.51. The van der Waals surface area contributed by atoms with E-state index in [2.05, 4.69) is 4.98 Å². The summed E-state index contributed by atoms with van der Waals surface area (Å²) in [5, 5.41) is 9.73. The third kappa shape index (κ3) is 1.27. The van der Waals surface area contributed by atoms with Gasteiger partial charge in [0, 0.05) is 5.56 Å². The monoisotopic (exact) mass is 188 g/mol. The highest BCUT2D eigenvalue weighted by molar-refractivity contribution is 5.56. The van der Waals surface area contributed by atoms with Crippen LogP contribution in [0.2, 0.25) is 0 Å². The van der Waals surface area contributed by atoms with E-state index in [0.717, 1.165) is 21.7 Å². The first-order valence-corrected chi connectivity index (χ1v) is 4.51. The van der Waals surface area contributed by atoms with Crippen molar-refractivity contribution in [3.05, 3.63) is 41.7 Å². The van der Waals surface area contributed by atoms with E-state index in [4.69, 9.17) is 0 Å². The Kier molecular flexibility index (Phi) is 2.00. The van der Waals surface area contributed by atoms with Crippen molar-refractivity contribution in [1.82, 2.24) is 9.71 Å². The molecule has 1 aromatic heterocycles. The van der Waals surface area contributed by atoms with Gasteiger partial charge in [-0.25, -0.2) is 4.98 Å². The van der Waals surface area contributed by atoms with Crippen LogP contribution in [0.3, 0.4) is 0 Å². The third-order valence-electron chi connectivity index (χ3n) is 2.35. The summed E-state index contributed by atoms with van der Waals surface area (Å²) in [6.45, 7) is 3.73. The quantitative estimate of drug-likeness (QED) is 0.698. The number of aryl methyl sites for hydroxylation is 1. The molecule has 14 heavy (non-hydrogen) atoms. The molecule has 0 spiro atoms. The van der Waals surface area contributed by atoms with Crippen molar-refractivity contribution < 1.29 is 5.21 Å². The van der Waals surface area contributed by atoms with Gasteiger partial charge < -0.3 is 5.21 Å². The highest BCUT2D eigenvalue weighted by Gasteiger charge is 2.10. The van der Waals surface area contributed by atoms with Crippen molar-refractivity contribution in [1.29, 1.82) is 0 Å². The summed E-state index contributed by atoms with van der Waals surface area (Å²) < 4.78 is 1.13. The Labute approximate surface area is 82.6 Å². The maximum atomic E-state index is 9.73. The van der Waals surface area contributed by atoms with Gasteiger partial charge in [0.25, 0.3) is 0 Å². The summed E-state index contributed by atoms with van der Waals surface area (Å²) in [5.41, 5.74) is 2.56. The molecule has 0 aliphatic heterocycles. The van der Waals surface area contributed by atoms with Crippen LogP contribution in [0.4, 0.5) is 0 Å². The molecule has 1 aromatic carbocycles. The van der Waals surface area contributed by atoms with E-state index >= 15 is 0 Å². The number of hydrogen-bond donors (Lipinski definition) is 1. The first-order chi connectivity index (χ1) is 6.70. The molecule has 2 aromatic rings. The van der Waals surface area contributed by atoms with Crippen molar-refractivity contribution in [2.24, 2.45) is 0 Å². The van der Waals surface area contributed by atoms with Crippen LogP contribution in [0.5, 0.6) is 0 Å². The lowest BCUT2D eigenvalue weighted by Crippen LogP contribution is -1.96. The zero-order valence-electron chi connectivity index (χ0n) is 8.23. The van der Waals surface area contributed by atoms with Gasteiger partial charge in [-0.1, -0.05) is 30.3 Å². The molecule has 0 aliphatic carbocycles. The molecule has 3 heteroatoms. The summed E-state index contributed by atoms with van der Waals surface area (Å²) in [4.78, 5) is 4.29. The Morgan fingerprint density at radius 1 is 1.14 bits per heavy atom. The number of nitrogens with zero attached hydrogens (tertiary/aromatic N) is 2. The fraction of sp³-hybridized carbons (Fsp3) is 0.182. The topological polar surface area (TPSA) is 38.0 Å². The van der Waals surface area contributed by atoms with Gasteiger partial charge in [-0.05, 0) is 13.8 Å². The van der Waals surface area contributed by atoms with Gasteiger partial charge in [-0.15, -0.1) is 0 Å². The molecule has 0 bridgehead atoms. The molecular weight excluding hydrogens is 176 g/mol. The molecule has 72 valence electrons. The van der Waals surface area contributed by atoms with Crippen LogP contribution in [-0.4, -0.2) is 14.9 Å². The molecule has 2 rings (SSSR count). The molecule has 0 fully saturated rings. The van der Waals surface area contributed by atoms with Crippen LogP contribution in [0.15, 0.2) is 30.3 Å². The van der Waals surface area contributed by atoms with Crippen molar-refractivity contribution in [2.45, 2.75) is 13.8 Å². The van der Waals surface area contributed by atoms with E-state index in [1.807, 2.05) is 44.2 Å². The lowest BCUT2D eigenvalue weighted by atomic mass is 10.2. The largest absolute Gasteiger partial charge is 0.427 e. The van der Waals surface area contributed by atoms with Gasteiger partial charge in [-0.3, -0.25) is 0 Å². The van der Waals surface area contributed by atoms with E-state index in [1.54, 1.807) is 0 Å². The van der Waals surface area contributed by atoms with E-state index < -0.39 is 0 Å². The molecule has 0 saturated carbocycles. The minimum Gasteiger partial charge on any atom is -0.427 e. The second-order valence-corrected chi connectivity index (χ2v) is 3.28. The summed E-state index contributed by atoms with van der Waals surface area (Å²) in [5.74, 6) is 0.598. The molecule has 0 unspecified atom stereocenters. The van der Waals surface area contributed by atoms with E-state index in [0.29, 0.717) is 5.82 Å². The molecule has 1 N–H and O–H groups in total. The molecule has 1 heterocycles. The van der Waals surface area contributed by atoms with Crippen LogP contribution in [0.1, 0.15) is 11.4 Å². The van der Waals surface area contributed by atoms with Crippen molar-refractivity contribution in [3.8, 4) is 11.4 Å². The number of hydrogen-bond acceptors (Lipinski definition) is 2. The maximum Gasteiger partial charge on any atom is 0.175 e. The molecule has 3 nitrogen and oxygen atoms in total. The van der Waals surface area contributed by atoms with E-state index in [9.17, 15) is 5.21 Å². The summed E-state index contributed by atoms with van der Waals surface area (Å²) in [6.07, 6.45) is 0. The zero-order valence-corrected chi connectivity index (χ0v) is 8.23. The van der Waals surface area contributed by atoms with Gasteiger partial charge in [-0.2, -0.15) is 4.73 Å². The minimum absolute atomic E-state index is 0.598. The normalized spacial score (nSPS) is 10.4. The molecule has 0 aliphatic rings. The fourth-order valence-electron chi connectivity index (χ4n) is 1.37. The molecule has 0 amide bonds. The Morgan fingerprint density at radius 2 is 1.79 bits per heavy atom. The summed E-state index contributed by atoms with van der Waals surface area (Å²) in [7, 11) is 0. The Bertz CT molecular complexity index is 446. The predicted octanol–water partition coefficient (Wildman–Crippen LogP) is 2.40.